The molecule has 1 amide bonds. The van der Waals surface area contributed by atoms with Crippen molar-refractivity contribution in [3.05, 3.63) is 59.7 Å². The average Bonchev–Trinajstić information content (AvgIpc) is 2.51. The van der Waals surface area contributed by atoms with Crippen molar-refractivity contribution < 1.29 is 9.53 Å². The molecule has 1 N–H and O–H groups in total. The molecule has 3 nitrogen and oxygen atoms in total. The van der Waals surface area contributed by atoms with Gasteiger partial charge in [0.15, 0.2) is 0 Å². The molecular weight excluding hydrogens is 262 g/mol. The van der Waals surface area contributed by atoms with Crippen LogP contribution in [0.4, 0.5) is 5.69 Å². The molecule has 1 atom stereocenters. The molecular formula is C18H21NO2. The highest BCUT2D eigenvalue weighted by Crippen LogP contribution is 2.28. The normalized spacial score (nSPS) is 11.8. The molecule has 0 saturated carbocycles. The smallest absolute Gasteiger partial charge is 0.232 e. The van der Waals surface area contributed by atoms with Crippen LogP contribution in [0.1, 0.15) is 30.4 Å². The van der Waals surface area contributed by atoms with Crippen LogP contribution in [0.5, 0.6) is 5.75 Å². The van der Waals surface area contributed by atoms with E-state index in [4.69, 9.17) is 4.74 Å². The van der Waals surface area contributed by atoms with E-state index in [0.29, 0.717) is 11.4 Å². The van der Waals surface area contributed by atoms with Gasteiger partial charge in [-0.25, -0.2) is 0 Å². The third-order valence-corrected chi connectivity index (χ3v) is 3.54. The number of hydrogen-bond donors (Lipinski definition) is 1. The number of amides is 1. The molecule has 0 saturated heterocycles. The van der Waals surface area contributed by atoms with Crippen LogP contribution >= 0.6 is 0 Å². The van der Waals surface area contributed by atoms with Crippen LogP contribution in [0, 0.1) is 6.92 Å². The van der Waals surface area contributed by atoms with Gasteiger partial charge in [0.25, 0.3) is 0 Å². The number of benzene rings is 2. The zero-order valence-electron chi connectivity index (χ0n) is 12.7. The minimum Gasteiger partial charge on any atom is -0.495 e. The maximum atomic E-state index is 12.5. The number of rotatable bonds is 5. The third-order valence-electron chi connectivity index (χ3n) is 3.54. The number of nitrogens with one attached hydrogen (secondary N) is 1. The van der Waals surface area contributed by atoms with Crippen LogP contribution in [-0.4, -0.2) is 13.0 Å². The molecule has 2 aromatic rings. The minimum absolute atomic E-state index is 0.00847. The fourth-order valence-electron chi connectivity index (χ4n) is 2.38. The summed E-state index contributed by atoms with van der Waals surface area (Å²) in [5, 5.41) is 2.97. The number of carbonyl (C=O) groups is 1. The molecule has 0 fully saturated rings. The molecule has 0 aromatic heterocycles. The van der Waals surface area contributed by atoms with E-state index in [1.807, 2.05) is 62.4 Å². The maximum Gasteiger partial charge on any atom is 0.232 e. The van der Waals surface area contributed by atoms with Crippen LogP contribution in [0.3, 0.4) is 0 Å². The van der Waals surface area contributed by atoms with Crippen molar-refractivity contribution in [3.8, 4) is 5.75 Å². The lowest BCUT2D eigenvalue weighted by Gasteiger charge is -2.17. The molecule has 0 aliphatic heterocycles. The van der Waals surface area contributed by atoms with Crippen LogP contribution in [0.2, 0.25) is 0 Å². The van der Waals surface area contributed by atoms with Gasteiger partial charge in [-0.2, -0.15) is 0 Å². The summed E-state index contributed by atoms with van der Waals surface area (Å²) in [5.74, 6) is 0.523. The number of ether oxygens (including phenoxy) is 1. The first kappa shape index (κ1) is 15.1. The van der Waals surface area contributed by atoms with E-state index in [-0.39, 0.29) is 11.8 Å². The first-order valence-electron chi connectivity index (χ1n) is 7.16. The van der Waals surface area contributed by atoms with E-state index in [2.05, 4.69) is 5.32 Å². The van der Waals surface area contributed by atoms with Crippen LogP contribution < -0.4 is 10.1 Å². The fourth-order valence-corrected chi connectivity index (χ4v) is 2.38. The van der Waals surface area contributed by atoms with Gasteiger partial charge in [-0.3, -0.25) is 4.79 Å². The Kier molecular flexibility index (Phi) is 4.99. The Bertz CT molecular complexity index is 608. The summed E-state index contributed by atoms with van der Waals surface area (Å²) in [6.07, 6.45) is 0.754. The zero-order valence-corrected chi connectivity index (χ0v) is 12.7. The van der Waals surface area contributed by atoms with E-state index < -0.39 is 0 Å². The van der Waals surface area contributed by atoms with Crippen LogP contribution in [0.25, 0.3) is 0 Å². The second kappa shape index (κ2) is 6.93. The summed E-state index contributed by atoms with van der Waals surface area (Å²) in [7, 11) is 1.61. The molecule has 0 radical (unpaired) electrons. The summed E-state index contributed by atoms with van der Waals surface area (Å²) < 4.78 is 5.33. The van der Waals surface area contributed by atoms with Gasteiger partial charge in [0.05, 0.1) is 18.7 Å². The van der Waals surface area contributed by atoms with Crippen LogP contribution in [-0.2, 0) is 4.79 Å². The highest BCUT2D eigenvalue weighted by molar-refractivity contribution is 5.97. The maximum absolute atomic E-state index is 12.5. The standard InChI is InChI=1S/C18H21NO2/c1-4-15(14-8-6-5-7-9-14)18(20)19-16-11-10-13(2)12-17(16)21-3/h5-12,15H,4H2,1-3H3,(H,19,20). The molecule has 1 unspecified atom stereocenters. The van der Waals surface area contributed by atoms with Gasteiger partial charge in [0.2, 0.25) is 5.91 Å². The van der Waals surface area contributed by atoms with Gasteiger partial charge in [0.1, 0.15) is 5.75 Å². The van der Waals surface area contributed by atoms with Gasteiger partial charge in [-0.15, -0.1) is 0 Å². The zero-order chi connectivity index (χ0) is 15.2. The lowest BCUT2D eigenvalue weighted by Crippen LogP contribution is -2.21. The van der Waals surface area contributed by atoms with Crippen molar-refractivity contribution in [2.75, 3.05) is 12.4 Å². The SMILES string of the molecule is CCC(C(=O)Nc1ccc(C)cc1OC)c1ccccc1. The van der Waals surface area contributed by atoms with E-state index >= 15 is 0 Å². The highest BCUT2D eigenvalue weighted by Gasteiger charge is 2.19. The number of hydrogen-bond acceptors (Lipinski definition) is 2. The summed E-state index contributed by atoms with van der Waals surface area (Å²) >= 11 is 0. The van der Waals surface area contributed by atoms with Crippen molar-refractivity contribution >= 4 is 11.6 Å². The Morgan fingerprint density at radius 3 is 2.52 bits per heavy atom. The van der Waals surface area contributed by atoms with Crippen molar-refractivity contribution in [2.24, 2.45) is 0 Å². The van der Waals surface area contributed by atoms with Gasteiger partial charge in [0, 0.05) is 0 Å². The molecule has 3 heteroatoms. The Morgan fingerprint density at radius 2 is 1.90 bits per heavy atom. The average molecular weight is 283 g/mol. The Labute approximate surface area is 126 Å². The van der Waals surface area contributed by atoms with E-state index in [0.717, 1.165) is 17.5 Å². The van der Waals surface area contributed by atoms with E-state index in [1.165, 1.54) is 0 Å². The lowest BCUT2D eigenvalue weighted by molar-refractivity contribution is -0.117. The quantitative estimate of drug-likeness (QED) is 0.895. The first-order chi connectivity index (χ1) is 10.2. The second-order valence-electron chi connectivity index (χ2n) is 5.06. The summed E-state index contributed by atoms with van der Waals surface area (Å²) in [5.41, 5.74) is 2.84. The Balaban J connectivity index is 2.20. The van der Waals surface area contributed by atoms with Crippen molar-refractivity contribution in [2.45, 2.75) is 26.2 Å². The highest BCUT2D eigenvalue weighted by atomic mass is 16.5. The summed E-state index contributed by atoms with van der Waals surface area (Å²) in [6, 6.07) is 15.6. The third kappa shape index (κ3) is 3.63. The Morgan fingerprint density at radius 1 is 1.19 bits per heavy atom. The molecule has 0 aliphatic carbocycles. The van der Waals surface area contributed by atoms with Gasteiger partial charge in [-0.05, 0) is 36.6 Å². The minimum atomic E-state index is -0.155. The first-order valence-corrected chi connectivity index (χ1v) is 7.16. The van der Waals surface area contributed by atoms with Gasteiger partial charge >= 0.3 is 0 Å². The largest absolute Gasteiger partial charge is 0.495 e. The van der Waals surface area contributed by atoms with Crippen molar-refractivity contribution in [1.82, 2.24) is 0 Å². The van der Waals surface area contributed by atoms with Gasteiger partial charge < -0.3 is 10.1 Å². The molecule has 110 valence electrons. The summed E-state index contributed by atoms with van der Waals surface area (Å²) in [6.45, 7) is 4.01. The molecule has 2 aromatic carbocycles. The van der Waals surface area contributed by atoms with Crippen molar-refractivity contribution in [1.29, 1.82) is 0 Å². The second-order valence-corrected chi connectivity index (χ2v) is 5.06. The predicted molar refractivity (Wildman–Crippen MR) is 85.8 cm³/mol. The van der Waals surface area contributed by atoms with E-state index in [9.17, 15) is 4.79 Å². The van der Waals surface area contributed by atoms with Crippen molar-refractivity contribution in [3.63, 3.8) is 0 Å². The Hall–Kier alpha value is -2.29. The van der Waals surface area contributed by atoms with Crippen LogP contribution in [0.15, 0.2) is 48.5 Å². The fraction of sp³-hybridized carbons (Fsp3) is 0.278. The predicted octanol–water partition coefficient (Wildman–Crippen LogP) is 4.14. The monoisotopic (exact) mass is 283 g/mol. The summed E-state index contributed by atoms with van der Waals surface area (Å²) in [4.78, 5) is 12.5. The number of aryl methyl sites for hydroxylation is 1. The molecule has 0 spiro atoms. The number of carbonyl (C=O) groups excluding carboxylic acids is 1. The van der Waals surface area contributed by atoms with Gasteiger partial charge in [-0.1, -0.05) is 43.3 Å². The number of methoxy groups -OCH3 is 1. The molecule has 2 rings (SSSR count). The molecule has 0 heterocycles. The molecule has 0 aliphatic rings. The molecule has 21 heavy (non-hydrogen) atoms. The topological polar surface area (TPSA) is 38.3 Å². The molecule has 0 bridgehead atoms. The number of anilines is 1. The lowest BCUT2D eigenvalue weighted by atomic mass is 9.95. The van der Waals surface area contributed by atoms with E-state index in [1.54, 1.807) is 7.11 Å².